The zero-order chi connectivity index (χ0) is 17.6. The van der Waals surface area contributed by atoms with Crippen molar-refractivity contribution in [3.8, 4) is 11.5 Å². The van der Waals surface area contributed by atoms with Crippen LogP contribution in [-0.2, 0) is 29.5 Å². The van der Waals surface area contributed by atoms with Crippen LogP contribution < -0.4 is 5.56 Å². The van der Waals surface area contributed by atoms with Crippen molar-refractivity contribution in [2.75, 3.05) is 7.11 Å². The SMILES string of the molecule is COC(=O)C1CCn2c(nnc2-c2nn(C)c(=O)c3ccccc23)C1. The lowest BCUT2D eigenvalue weighted by atomic mass is 9.98. The van der Waals surface area contributed by atoms with Crippen molar-refractivity contribution in [2.24, 2.45) is 13.0 Å². The number of methoxy groups -OCH3 is 1. The minimum absolute atomic E-state index is 0.150. The third-order valence-electron chi connectivity index (χ3n) is 4.66. The Bertz CT molecular complexity index is 1040. The fourth-order valence-electron chi connectivity index (χ4n) is 3.34. The molecule has 128 valence electrons. The highest BCUT2D eigenvalue weighted by Crippen LogP contribution is 2.28. The topological polar surface area (TPSA) is 91.9 Å². The van der Waals surface area contributed by atoms with E-state index in [4.69, 9.17) is 4.74 Å². The van der Waals surface area contributed by atoms with Crippen molar-refractivity contribution in [1.29, 1.82) is 0 Å². The van der Waals surface area contributed by atoms with E-state index in [0.29, 0.717) is 36.3 Å². The average molecular weight is 339 g/mol. The summed E-state index contributed by atoms with van der Waals surface area (Å²) in [6.07, 6.45) is 1.15. The van der Waals surface area contributed by atoms with Gasteiger partial charge in [0, 0.05) is 25.4 Å². The summed E-state index contributed by atoms with van der Waals surface area (Å²) in [5.74, 6) is 0.933. The minimum Gasteiger partial charge on any atom is -0.469 e. The number of esters is 1. The van der Waals surface area contributed by atoms with E-state index >= 15 is 0 Å². The Morgan fingerprint density at radius 1 is 1.24 bits per heavy atom. The molecule has 1 unspecified atom stereocenters. The summed E-state index contributed by atoms with van der Waals surface area (Å²) in [5, 5.41) is 14.3. The number of aromatic nitrogens is 5. The lowest BCUT2D eigenvalue weighted by Gasteiger charge is -2.21. The number of hydrogen-bond acceptors (Lipinski definition) is 6. The Labute approximate surface area is 143 Å². The van der Waals surface area contributed by atoms with E-state index in [-0.39, 0.29) is 17.4 Å². The second-order valence-electron chi connectivity index (χ2n) is 6.13. The molecule has 8 heteroatoms. The summed E-state index contributed by atoms with van der Waals surface area (Å²) in [6.45, 7) is 0.607. The van der Waals surface area contributed by atoms with Gasteiger partial charge in [-0.05, 0) is 12.5 Å². The van der Waals surface area contributed by atoms with Crippen LogP contribution in [0.5, 0.6) is 0 Å². The molecular formula is C17H17N5O3. The van der Waals surface area contributed by atoms with Gasteiger partial charge in [0.1, 0.15) is 11.5 Å². The number of benzene rings is 1. The normalized spacial score (nSPS) is 16.6. The van der Waals surface area contributed by atoms with Gasteiger partial charge >= 0.3 is 5.97 Å². The molecule has 2 aromatic heterocycles. The first-order chi connectivity index (χ1) is 12.1. The van der Waals surface area contributed by atoms with Crippen molar-refractivity contribution in [3.05, 3.63) is 40.4 Å². The molecule has 0 fully saturated rings. The second-order valence-corrected chi connectivity index (χ2v) is 6.13. The Hall–Kier alpha value is -3.03. The van der Waals surface area contributed by atoms with E-state index in [9.17, 15) is 9.59 Å². The van der Waals surface area contributed by atoms with Gasteiger partial charge in [0.25, 0.3) is 5.56 Å². The van der Waals surface area contributed by atoms with E-state index in [0.717, 1.165) is 11.2 Å². The van der Waals surface area contributed by atoms with Gasteiger partial charge in [-0.3, -0.25) is 9.59 Å². The predicted octanol–water partition coefficient (Wildman–Crippen LogP) is 0.927. The molecule has 0 aliphatic carbocycles. The van der Waals surface area contributed by atoms with Crippen LogP contribution in [0.1, 0.15) is 12.2 Å². The summed E-state index contributed by atoms with van der Waals surface area (Å²) < 4.78 is 8.13. The summed E-state index contributed by atoms with van der Waals surface area (Å²) in [7, 11) is 3.02. The number of rotatable bonds is 2. The molecule has 0 N–H and O–H groups in total. The van der Waals surface area contributed by atoms with Gasteiger partial charge < -0.3 is 9.30 Å². The van der Waals surface area contributed by atoms with Crippen LogP contribution in [0.2, 0.25) is 0 Å². The maximum absolute atomic E-state index is 12.3. The number of hydrogen-bond donors (Lipinski definition) is 0. The summed E-state index contributed by atoms with van der Waals surface area (Å²) >= 11 is 0. The molecule has 1 aromatic carbocycles. The molecule has 1 atom stereocenters. The van der Waals surface area contributed by atoms with E-state index in [2.05, 4.69) is 15.3 Å². The van der Waals surface area contributed by atoms with Crippen LogP contribution in [0.3, 0.4) is 0 Å². The van der Waals surface area contributed by atoms with Gasteiger partial charge in [-0.25, -0.2) is 4.68 Å². The van der Waals surface area contributed by atoms with Gasteiger partial charge in [-0.15, -0.1) is 10.2 Å². The van der Waals surface area contributed by atoms with Gasteiger partial charge in [0.2, 0.25) is 0 Å². The van der Waals surface area contributed by atoms with Crippen LogP contribution in [-0.4, -0.2) is 37.6 Å². The van der Waals surface area contributed by atoms with Crippen LogP contribution in [0.25, 0.3) is 22.3 Å². The third-order valence-corrected chi connectivity index (χ3v) is 4.66. The number of carbonyl (C=O) groups is 1. The van der Waals surface area contributed by atoms with E-state index in [1.807, 2.05) is 22.8 Å². The lowest BCUT2D eigenvalue weighted by Crippen LogP contribution is -2.27. The largest absolute Gasteiger partial charge is 0.469 e. The van der Waals surface area contributed by atoms with Crippen molar-refractivity contribution >= 4 is 16.7 Å². The van der Waals surface area contributed by atoms with Crippen LogP contribution in [0.4, 0.5) is 0 Å². The Balaban J connectivity index is 1.85. The predicted molar refractivity (Wildman–Crippen MR) is 89.8 cm³/mol. The lowest BCUT2D eigenvalue weighted by molar-refractivity contribution is -0.146. The van der Waals surface area contributed by atoms with Gasteiger partial charge in [-0.1, -0.05) is 18.2 Å². The van der Waals surface area contributed by atoms with Crippen LogP contribution in [0, 0.1) is 5.92 Å². The molecular weight excluding hydrogens is 322 g/mol. The smallest absolute Gasteiger partial charge is 0.309 e. The summed E-state index contributed by atoms with van der Waals surface area (Å²) in [4.78, 5) is 24.1. The molecule has 8 nitrogen and oxygen atoms in total. The fourth-order valence-corrected chi connectivity index (χ4v) is 3.34. The molecule has 4 rings (SSSR count). The first-order valence-corrected chi connectivity index (χ1v) is 8.06. The highest BCUT2D eigenvalue weighted by molar-refractivity contribution is 5.92. The van der Waals surface area contributed by atoms with E-state index in [1.165, 1.54) is 11.8 Å². The van der Waals surface area contributed by atoms with Gasteiger partial charge in [0.15, 0.2) is 5.82 Å². The maximum Gasteiger partial charge on any atom is 0.309 e. The summed E-state index contributed by atoms with van der Waals surface area (Å²) in [6, 6.07) is 7.34. The van der Waals surface area contributed by atoms with Gasteiger partial charge in [-0.2, -0.15) is 5.10 Å². The third kappa shape index (κ3) is 2.41. The standard InChI is InChI=1S/C17H17N5O3/c1-21-16(23)12-6-4-3-5-11(12)14(20-21)15-19-18-13-9-10(17(24)25-2)7-8-22(13)15/h3-6,10H,7-9H2,1-2H3. The molecule has 0 saturated carbocycles. The van der Waals surface area contributed by atoms with Crippen LogP contribution >= 0.6 is 0 Å². The molecule has 1 aliphatic heterocycles. The molecule has 0 amide bonds. The maximum atomic E-state index is 12.3. The summed E-state index contributed by atoms with van der Waals surface area (Å²) in [5.41, 5.74) is 0.469. The molecule has 0 radical (unpaired) electrons. The number of carbonyl (C=O) groups excluding carboxylic acids is 1. The highest BCUT2D eigenvalue weighted by atomic mass is 16.5. The number of ether oxygens (including phenoxy) is 1. The quantitative estimate of drug-likeness (QED) is 0.645. The second kappa shape index (κ2) is 5.80. The van der Waals surface area contributed by atoms with Gasteiger partial charge in [0.05, 0.1) is 18.4 Å². The number of fused-ring (bicyclic) bond motifs is 2. The van der Waals surface area contributed by atoms with Crippen molar-refractivity contribution in [2.45, 2.75) is 19.4 Å². The molecule has 0 bridgehead atoms. The molecule has 0 spiro atoms. The van der Waals surface area contributed by atoms with Crippen LogP contribution in [0.15, 0.2) is 29.1 Å². The zero-order valence-electron chi connectivity index (χ0n) is 14.0. The van der Waals surface area contributed by atoms with Crippen molar-refractivity contribution < 1.29 is 9.53 Å². The molecule has 25 heavy (non-hydrogen) atoms. The minimum atomic E-state index is -0.221. The molecule has 1 aliphatic rings. The highest BCUT2D eigenvalue weighted by Gasteiger charge is 2.29. The zero-order valence-corrected chi connectivity index (χ0v) is 14.0. The molecule has 3 aromatic rings. The van der Waals surface area contributed by atoms with Crippen molar-refractivity contribution in [3.63, 3.8) is 0 Å². The Morgan fingerprint density at radius 3 is 2.76 bits per heavy atom. The molecule has 3 heterocycles. The monoisotopic (exact) mass is 339 g/mol. The molecule has 0 saturated heterocycles. The number of aryl methyl sites for hydroxylation is 1. The van der Waals surface area contributed by atoms with Crippen molar-refractivity contribution in [1.82, 2.24) is 24.5 Å². The Kier molecular flexibility index (Phi) is 3.60. The van der Waals surface area contributed by atoms with E-state index in [1.54, 1.807) is 13.1 Å². The Morgan fingerprint density at radius 2 is 2.00 bits per heavy atom. The average Bonchev–Trinajstić information content (AvgIpc) is 3.07. The first-order valence-electron chi connectivity index (χ1n) is 8.06. The number of nitrogens with zero attached hydrogens (tertiary/aromatic N) is 5. The fraction of sp³-hybridized carbons (Fsp3) is 0.353. The first kappa shape index (κ1) is 15.5. The van der Waals surface area contributed by atoms with E-state index < -0.39 is 0 Å².